The lowest BCUT2D eigenvalue weighted by Crippen LogP contribution is -2.36. The van der Waals surface area contributed by atoms with Crippen LogP contribution in [0.4, 0.5) is 0 Å². The van der Waals surface area contributed by atoms with Gasteiger partial charge in [-0.15, -0.1) is 0 Å². The summed E-state index contributed by atoms with van der Waals surface area (Å²) < 4.78 is 4.74. The minimum Gasteiger partial charge on any atom is -0.345 e. The maximum absolute atomic E-state index is 12.7. The van der Waals surface area contributed by atoms with Gasteiger partial charge in [0, 0.05) is 32.4 Å². The third-order valence-corrected chi connectivity index (χ3v) is 4.25. The third-order valence-electron chi connectivity index (χ3n) is 4.25. The highest BCUT2D eigenvalue weighted by atomic mass is 16.2. The van der Waals surface area contributed by atoms with Crippen molar-refractivity contribution in [2.45, 2.75) is 20.4 Å². The molecule has 0 saturated carbocycles. The van der Waals surface area contributed by atoms with E-state index in [1.165, 1.54) is 16.2 Å². The molecule has 0 saturated heterocycles. The highest BCUT2D eigenvalue weighted by Gasteiger charge is 2.19. The van der Waals surface area contributed by atoms with Gasteiger partial charge < -0.3 is 4.57 Å². The first kappa shape index (κ1) is 14.4. The normalized spacial score (nSPS) is 11.3. The van der Waals surface area contributed by atoms with Crippen LogP contribution in [-0.2, 0) is 20.6 Å². The number of hydrogen-bond acceptors (Lipinski definition) is 2. The summed E-state index contributed by atoms with van der Waals surface area (Å²) in [7, 11) is 3.22. The molecule has 0 fully saturated rings. The second-order valence-corrected chi connectivity index (χ2v) is 5.54. The van der Waals surface area contributed by atoms with Gasteiger partial charge in [-0.2, -0.15) is 0 Å². The summed E-state index contributed by atoms with van der Waals surface area (Å²) in [6.45, 7) is 4.79. The molecule has 2 heterocycles. The summed E-state index contributed by atoms with van der Waals surface area (Å²) in [6.07, 6.45) is 1.89. The number of rotatable bonds is 2. The summed E-state index contributed by atoms with van der Waals surface area (Å²) in [6, 6.07) is 7.99. The lowest BCUT2D eigenvalue weighted by Gasteiger charge is -2.10. The Balaban J connectivity index is 2.58. The average molecular weight is 297 g/mol. The zero-order valence-corrected chi connectivity index (χ0v) is 13.3. The van der Waals surface area contributed by atoms with Crippen LogP contribution in [0.25, 0.3) is 22.2 Å². The smallest absolute Gasteiger partial charge is 0.330 e. The molecular formula is C17H19N3O2. The van der Waals surface area contributed by atoms with Crippen molar-refractivity contribution in [3.8, 4) is 11.3 Å². The second-order valence-electron chi connectivity index (χ2n) is 5.54. The van der Waals surface area contributed by atoms with Crippen molar-refractivity contribution in [3.05, 3.63) is 56.9 Å². The van der Waals surface area contributed by atoms with Crippen molar-refractivity contribution in [2.24, 2.45) is 14.1 Å². The van der Waals surface area contributed by atoms with Crippen LogP contribution in [-0.4, -0.2) is 13.7 Å². The van der Waals surface area contributed by atoms with E-state index in [2.05, 4.69) is 0 Å². The van der Waals surface area contributed by atoms with E-state index in [0.29, 0.717) is 10.9 Å². The van der Waals surface area contributed by atoms with Crippen LogP contribution in [0.5, 0.6) is 0 Å². The van der Waals surface area contributed by atoms with Gasteiger partial charge in [-0.25, -0.2) is 4.79 Å². The predicted octanol–water partition coefficient (Wildman–Crippen LogP) is 2.03. The Bertz CT molecular complexity index is 990. The van der Waals surface area contributed by atoms with Crippen molar-refractivity contribution in [3.63, 3.8) is 0 Å². The maximum atomic E-state index is 12.7. The van der Waals surface area contributed by atoms with E-state index < -0.39 is 0 Å². The lowest BCUT2D eigenvalue weighted by molar-refractivity contribution is 0.714. The number of aryl methyl sites for hydroxylation is 3. The molecule has 22 heavy (non-hydrogen) atoms. The van der Waals surface area contributed by atoms with E-state index in [1.54, 1.807) is 7.05 Å². The highest BCUT2D eigenvalue weighted by molar-refractivity contribution is 5.94. The number of hydrogen-bond donors (Lipinski definition) is 0. The van der Waals surface area contributed by atoms with Gasteiger partial charge >= 0.3 is 5.69 Å². The fourth-order valence-electron chi connectivity index (χ4n) is 2.97. The Labute approximate surface area is 128 Å². The molecule has 1 aromatic carbocycles. The molecule has 5 nitrogen and oxygen atoms in total. The monoisotopic (exact) mass is 297 g/mol. The van der Waals surface area contributed by atoms with Crippen molar-refractivity contribution in [2.75, 3.05) is 0 Å². The van der Waals surface area contributed by atoms with Crippen LogP contribution in [0.3, 0.4) is 0 Å². The highest BCUT2D eigenvalue weighted by Crippen LogP contribution is 2.30. The number of benzene rings is 1. The Morgan fingerprint density at radius 3 is 2.36 bits per heavy atom. The minimum atomic E-state index is -0.304. The van der Waals surface area contributed by atoms with Crippen molar-refractivity contribution < 1.29 is 0 Å². The van der Waals surface area contributed by atoms with Crippen LogP contribution in [0, 0.1) is 6.92 Å². The van der Waals surface area contributed by atoms with Crippen LogP contribution >= 0.6 is 0 Å². The molecule has 114 valence electrons. The van der Waals surface area contributed by atoms with Gasteiger partial charge in [-0.1, -0.05) is 24.3 Å². The van der Waals surface area contributed by atoms with Gasteiger partial charge in [-0.05, 0) is 19.4 Å². The van der Waals surface area contributed by atoms with Crippen LogP contribution in [0.2, 0.25) is 0 Å². The first-order valence-corrected chi connectivity index (χ1v) is 7.32. The van der Waals surface area contributed by atoms with Crippen LogP contribution in [0.1, 0.15) is 12.5 Å². The minimum absolute atomic E-state index is 0.247. The topological polar surface area (TPSA) is 48.9 Å². The Kier molecular flexibility index (Phi) is 3.28. The molecule has 0 aliphatic carbocycles. The van der Waals surface area contributed by atoms with E-state index in [4.69, 9.17) is 0 Å². The van der Waals surface area contributed by atoms with E-state index >= 15 is 0 Å². The van der Waals surface area contributed by atoms with Gasteiger partial charge in [-0.3, -0.25) is 13.9 Å². The fourth-order valence-corrected chi connectivity index (χ4v) is 2.97. The van der Waals surface area contributed by atoms with Crippen molar-refractivity contribution in [1.29, 1.82) is 0 Å². The van der Waals surface area contributed by atoms with E-state index in [9.17, 15) is 9.59 Å². The third kappa shape index (κ3) is 1.85. The zero-order valence-electron chi connectivity index (χ0n) is 13.3. The molecule has 0 radical (unpaired) electrons. The fraction of sp³-hybridized carbons (Fsp3) is 0.294. The first-order valence-electron chi connectivity index (χ1n) is 7.32. The molecule has 2 aromatic heterocycles. The standard InChI is InChI=1S/C17H19N3O2/c1-5-20-10-13-14(16(21)19(4)17(22)18(13)3)15(20)12-9-7-6-8-11(12)2/h6-10H,5H2,1-4H3. The molecule has 0 aliphatic heterocycles. The van der Waals surface area contributed by atoms with Crippen LogP contribution in [0.15, 0.2) is 40.1 Å². The molecule has 0 aliphatic rings. The van der Waals surface area contributed by atoms with Crippen LogP contribution < -0.4 is 11.2 Å². The van der Waals surface area contributed by atoms with E-state index in [0.717, 1.165) is 23.4 Å². The molecule has 0 unspecified atom stereocenters. The molecular weight excluding hydrogens is 278 g/mol. The second kappa shape index (κ2) is 5.02. The predicted molar refractivity (Wildman–Crippen MR) is 88.3 cm³/mol. The Hall–Kier alpha value is -2.56. The van der Waals surface area contributed by atoms with Gasteiger partial charge in [0.2, 0.25) is 0 Å². The molecule has 0 atom stereocenters. The average Bonchev–Trinajstić information content (AvgIpc) is 2.91. The number of nitrogens with zero attached hydrogens (tertiary/aromatic N) is 3. The van der Waals surface area contributed by atoms with Gasteiger partial charge in [0.25, 0.3) is 5.56 Å². The van der Waals surface area contributed by atoms with E-state index in [1.807, 2.05) is 48.9 Å². The molecule has 0 spiro atoms. The van der Waals surface area contributed by atoms with Crippen molar-refractivity contribution >= 4 is 10.9 Å². The molecule has 0 N–H and O–H groups in total. The maximum Gasteiger partial charge on any atom is 0.330 e. The number of aromatic nitrogens is 3. The Morgan fingerprint density at radius 2 is 1.73 bits per heavy atom. The molecule has 0 amide bonds. The summed E-state index contributed by atoms with van der Waals surface area (Å²) in [5.41, 5.74) is 3.13. The SMILES string of the molecule is CCn1cc2c(c1-c1ccccc1C)c(=O)n(C)c(=O)n2C. The molecule has 3 rings (SSSR count). The molecule has 0 bridgehead atoms. The lowest BCUT2D eigenvalue weighted by atomic mass is 10.0. The first-order chi connectivity index (χ1) is 10.5. The summed E-state index contributed by atoms with van der Waals surface area (Å²) in [5, 5.41) is 0.598. The number of fused-ring (bicyclic) bond motifs is 1. The Morgan fingerprint density at radius 1 is 1.05 bits per heavy atom. The molecule has 5 heteroatoms. The van der Waals surface area contributed by atoms with Gasteiger partial charge in [0.05, 0.1) is 16.6 Å². The van der Waals surface area contributed by atoms with Gasteiger partial charge in [0.1, 0.15) is 0 Å². The van der Waals surface area contributed by atoms with Gasteiger partial charge in [0.15, 0.2) is 0 Å². The largest absolute Gasteiger partial charge is 0.345 e. The summed E-state index contributed by atoms with van der Waals surface area (Å²) in [5.74, 6) is 0. The summed E-state index contributed by atoms with van der Waals surface area (Å²) in [4.78, 5) is 24.8. The van der Waals surface area contributed by atoms with E-state index in [-0.39, 0.29) is 11.2 Å². The zero-order chi connectivity index (χ0) is 16.0. The van der Waals surface area contributed by atoms with Crippen molar-refractivity contribution in [1.82, 2.24) is 13.7 Å². The summed E-state index contributed by atoms with van der Waals surface area (Å²) >= 11 is 0. The molecule has 3 aromatic rings. The quantitative estimate of drug-likeness (QED) is 0.727.